The van der Waals surface area contributed by atoms with Gasteiger partial charge in [0.15, 0.2) is 11.5 Å². The minimum atomic E-state index is -2.22. The molecule has 0 radical (unpaired) electrons. The molecule has 16 nitrogen and oxygen atoms in total. The number of esters is 2. The van der Waals surface area contributed by atoms with Gasteiger partial charge >= 0.3 is 11.9 Å². The van der Waals surface area contributed by atoms with E-state index in [9.17, 15) is 54.9 Å². The van der Waals surface area contributed by atoms with Crippen molar-refractivity contribution in [3.8, 4) is 11.5 Å². The predicted octanol–water partition coefficient (Wildman–Crippen LogP) is 2.22. The number of ether oxygens (including phenoxy) is 4. The number of allylic oxidation sites excluding steroid dienone is 5. The van der Waals surface area contributed by atoms with Gasteiger partial charge in [-0.25, -0.2) is 0 Å². The molecule has 4 aliphatic rings. The summed E-state index contributed by atoms with van der Waals surface area (Å²) in [6, 6.07) is 0. The fraction of sp³-hybridized carbons (Fsp3) is 0.500. The van der Waals surface area contributed by atoms with E-state index in [2.05, 4.69) is 5.32 Å². The van der Waals surface area contributed by atoms with Crippen LogP contribution < -0.4 is 10.1 Å². The third kappa shape index (κ3) is 8.03. The maximum atomic E-state index is 14.0. The molecule has 9 atom stereocenters. The summed E-state index contributed by atoms with van der Waals surface area (Å²) in [4.78, 5) is 53.1. The zero-order valence-electron chi connectivity index (χ0n) is 33.0. The Morgan fingerprint density at radius 1 is 0.875 bits per heavy atom. The first kappa shape index (κ1) is 43.9. The molecule has 1 aromatic rings. The molecule has 1 amide bonds. The molecule has 1 aliphatic carbocycles. The van der Waals surface area contributed by atoms with Crippen LogP contribution in [0.25, 0.3) is 5.57 Å². The lowest BCUT2D eigenvalue weighted by atomic mass is 9.74. The van der Waals surface area contributed by atoms with Crippen LogP contribution in [0.1, 0.15) is 76.9 Å². The zero-order valence-corrected chi connectivity index (χ0v) is 33.0. The molecule has 3 aliphatic heterocycles. The molecule has 0 fully saturated rings. The Labute approximate surface area is 324 Å². The van der Waals surface area contributed by atoms with Gasteiger partial charge in [-0.2, -0.15) is 0 Å². The Bertz CT molecular complexity index is 1970. The number of benzene rings is 1. The van der Waals surface area contributed by atoms with Crippen LogP contribution in [-0.2, 0) is 28.6 Å². The summed E-state index contributed by atoms with van der Waals surface area (Å²) in [5.74, 6) is -8.84. The number of hydrogen-bond acceptors (Lipinski definition) is 15. The summed E-state index contributed by atoms with van der Waals surface area (Å²) < 4.78 is 22.2. The number of methoxy groups -OCH3 is 1. The zero-order chi connectivity index (χ0) is 42.4. The van der Waals surface area contributed by atoms with E-state index in [1.165, 1.54) is 73.6 Å². The van der Waals surface area contributed by atoms with E-state index in [4.69, 9.17) is 18.9 Å². The van der Waals surface area contributed by atoms with Gasteiger partial charge in [0.25, 0.3) is 5.91 Å². The highest BCUT2D eigenvalue weighted by Gasteiger charge is 2.48. The third-order valence-corrected chi connectivity index (χ3v) is 10.7. The highest BCUT2D eigenvalue weighted by atomic mass is 16.7. The molecule has 8 N–H and O–H groups in total. The summed E-state index contributed by atoms with van der Waals surface area (Å²) >= 11 is 0. The van der Waals surface area contributed by atoms with Gasteiger partial charge in [-0.3, -0.25) is 19.2 Å². The number of amides is 1. The number of carbonyl (C=O) groups is 4. The number of aliphatic hydroxyl groups is 6. The normalized spacial score (nSPS) is 34.2. The van der Waals surface area contributed by atoms with Crippen molar-refractivity contribution in [2.75, 3.05) is 19.2 Å². The van der Waals surface area contributed by atoms with Crippen molar-refractivity contribution in [3.63, 3.8) is 0 Å². The lowest BCUT2D eigenvalue weighted by Gasteiger charge is -2.40. The van der Waals surface area contributed by atoms with Crippen molar-refractivity contribution < 1.29 is 73.9 Å². The van der Waals surface area contributed by atoms with Crippen molar-refractivity contribution >= 4 is 34.9 Å². The average molecular weight is 786 g/mol. The Hall–Kier alpha value is -4.84. The van der Waals surface area contributed by atoms with Crippen LogP contribution in [0, 0.1) is 24.7 Å². The van der Waals surface area contributed by atoms with Crippen LogP contribution in [-0.4, -0.2) is 109 Å². The van der Waals surface area contributed by atoms with E-state index in [1.807, 2.05) is 0 Å². The minimum Gasteiger partial charge on any atom is -0.505 e. The molecule has 1 aromatic carbocycles. The van der Waals surface area contributed by atoms with Crippen molar-refractivity contribution in [3.05, 3.63) is 69.2 Å². The number of rotatable bonds is 2. The second-order valence-electron chi connectivity index (χ2n) is 15.0. The van der Waals surface area contributed by atoms with E-state index in [0.717, 1.165) is 20.1 Å². The predicted molar refractivity (Wildman–Crippen MR) is 200 cm³/mol. The van der Waals surface area contributed by atoms with E-state index >= 15 is 0 Å². The molecule has 0 saturated heterocycles. The lowest BCUT2D eigenvalue weighted by molar-refractivity contribution is -0.171. The number of anilines is 1. The number of aliphatic hydroxyl groups excluding tert-OH is 4. The van der Waals surface area contributed by atoms with Crippen molar-refractivity contribution in [2.24, 2.45) is 17.8 Å². The van der Waals surface area contributed by atoms with Crippen LogP contribution in [0.15, 0.2) is 52.5 Å². The van der Waals surface area contributed by atoms with Gasteiger partial charge in [0.05, 0.1) is 48.3 Å². The standard InChI is InChI=1S/C40H51NO15/c1-16-12-11-13-39(8,51)35(47)20(5)29(44)26(38(50)53-10)30(45)21(6)36(48)40(9,52)14-17(2)32-25-23-24(28(43)19(4)33(25)55-15-54-32)31(46)27(41-37(16)49)18(3)34(23)56-22(7)42/h11-14,20-21,26,29-30,35-36,44-48,51-52H,15H2,1-10H3,(H,41,49)/b13-11-,16-12+,17-14+/t20-,21-,26+,29+,30+,35-,36+,39+,40+/m0/s1. The molecule has 56 heavy (non-hydrogen) atoms. The van der Waals surface area contributed by atoms with Crippen LogP contribution in [0.5, 0.6) is 11.5 Å². The number of carbonyl (C=O) groups excluding carboxylic acids is 4. The van der Waals surface area contributed by atoms with Crippen LogP contribution in [0.2, 0.25) is 0 Å². The SMILES string of the molecule is COC(=O)[C@H]1[C@H](O)[C@H](C)[C@@H](O)[C@](C)(O)/C=C(\C)C2=C3C(=C(C)C(=O)c4c(O)c(c(C)c(OC(C)=O)c43)NC(=O)/C(C)=C/C=C\[C@@](C)(O)[C@@H](O)[C@@H](C)[C@H]1O)OCO2. The second-order valence-corrected chi connectivity index (χ2v) is 15.0. The van der Waals surface area contributed by atoms with Gasteiger partial charge in [-0.05, 0) is 53.2 Å². The highest BCUT2D eigenvalue weighted by Crippen LogP contribution is 2.53. The molecule has 16 heteroatoms. The topological polar surface area (TPSA) is 259 Å². The monoisotopic (exact) mass is 785 g/mol. The molecular weight excluding hydrogens is 734 g/mol. The van der Waals surface area contributed by atoms with Gasteiger partial charge in [0.1, 0.15) is 34.4 Å². The number of nitrogens with one attached hydrogen (secondary N) is 1. The quantitative estimate of drug-likeness (QED) is 0.122. The largest absolute Gasteiger partial charge is 0.505 e. The van der Waals surface area contributed by atoms with Crippen molar-refractivity contribution in [1.82, 2.24) is 0 Å². The minimum absolute atomic E-state index is 0.00246. The highest BCUT2D eigenvalue weighted by molar-refractivity contribution is 6.21. The third-order valence-electron chi connectivity index (χ3n) is 10.7. The smallest absolute Gasteiger partial charge is 0.313 e. The summed E-state index contributed by atoms with van der Waals surface area (Å²) in [6.07, 6.45) is -2.56. The summed E-state index contributed by atoms with van der Waals surface area (Å²) in [5.41, 5.74) is -4.84. The summed E-state index contributed by atoms with van der Waals surface area (Å²) in [7, 11) is 1.01. The number of phenolic OH excluding ortho intramolecular Hbond substituents is 1. The first-order chi connectivity index (χ1) is 25.9. The maximum Gasteiger partial charge on any atom is 0.313 e. The number of hydrogen-bond donors (Lipinski definition) is 8. The van der Waals surface area contributed by atoms with Gasteiger partial charge < -0.3 is 60.0 Å². The Balaban J connectivity index is 2.08. The van der Waals surface area contributed by atoms with Gasteiger partial charge in [-0.1, -0.05) is 32.1 Å². The lowest BCUT2D eigenvalue weighted by Crippen LogP contribution is -2.54. The number of ketones is 1. The van der Waals surface area contributed by atoms with Gasteiger partial charge in [-0.15, -0.1) is 0 Å². The Morgan fingerprint density at radius 2 is 1.43 bits per heavy atom. The summed E-state index contributed by atoms with van der Waals surface area (Å²) in [5, 5.41) is 82.9. The number of phenols is 1. The fourth-order valence-electron chi connectivity index (χ4n) is 7.31. The Kier molecular flexibility index (Phi) is 12.8. The molecule has 0 aromatic heterocycles. The Morgan fingerprint density at radius 3 is 1.98 bits per heavy atom. The van der Waals surface area contributed by atoms with Gasteiger partial charge in [0, 0.05) is 41.0 Å². The molecule has 306 valence electrons. The fourth-order valence-corrected chi connectivity index (χ4v) is 7.31. The first-order valence-corrected chi connectivity index (χ1v) is 17.9. The molecule has 0 spiro atoms. The first-order valence-electron chi connectivity index (χ1n) is 17.9. The summed E-state index contributed by atoms with van der Waals surface area (Å²) in [6.45, 7) is 11.5. The second kappa shape index (κ2) is 16.3. The molecule has 3 heterocycles. The molecule has 0 saturated carbocycles. The average Bonchev–Trinajstić information content (AvgIpc) is 3.13. The molecule has 4 bridgehead atoms. The molecule has 5 rings (SSSR count). The maximum absolute atomic E-state index is 14.0. The van der Waals surface area contributed by atoms with Crippen LogP contribution in [0.4, 0.5) is 5.69 Å². The van der Waals surface area contributed by atoms with Gasteiger partial charge in [0.2, 0.25) is 6.79 Å². The van der Waals surface area contributed by atoms with E-state index in [0.29, 0.717) is 0 Å². The van der Waals surface area contributed by atoms with E-state index in [-0.39, 0.29) is 61.9 Å². The van der Waals surface area contributed by atoms with E-state index < -0.39 is 89.5 Å². The van der Waals surface area contributed by atoms with Crippen molar-refractivity contribution in [1.29, 1.82) is 0 Å². The van der Waals surface area contributed by atoms with Crippen LogP contribution in [0.3, 0.4) is 0 Å². The van der Waals surface area contributed by atoms with Crippen molar-refractivity contribution in [2.45, 2.75) is 97.9 Å². The number of Topliss-reactive ketones (excluding diaryl/α,β-unsaturated/α-hetero) is 1. The molecular formula is C40H51NO15. The molecule has 0 unspecified atom stereocenters. The van der Waals surface area contributed by atoms with E-state index in [1.54, 1.807) is 0 Å². The number of aromatic hydroxyl groups is 1. The van der Waals surface area contributed by atoms with Crippen LogP contribution >= 0.6 is 0 Å². The number of fused-ring (bicyclic) bond motifs is 14.